The molecule has 130 valence electrons. The number of anilines is 2. The van der Waals surface area contributed by atoms with Crippen molar-refractivity contribution in [3.63, 3.8) is 0 Å². The number of hydrogen-bond acceptors (Lipinski definition) is 6. The van der Waals surface area contributed by atoms with Gasteiger partial charge in [0, 0.05) is 38.3 Å². The number of nitrogens with two attached hydrogens (primary N) is 1. The Kier molecular flexibility index (Phi) is 4.04. The zero-order valence-electron chi connectivity index (χ0n) is 14.0. The molecule has 4 rings (SSSR count). The molecular weight excluding hydrogens is 336 g/mol. The molecule has 0 atom stereocenters. The van der Waals surface area contributed by atoms with Crippen LogP contribution in [-0.4, -0.2) is 46.1 Å². The summed E-state index contributed by atoms with van der Waals surface area (Å²) in [6, 6.07) is 5.79. The third-order valence-corrected chi connectivity index (χ3v) is 5.52. The highest BCUT2D eigenvalue weighted by atomic mass is 32.1. The van der Waals surface area contributed by atoms with Crippen LogP contribution in [0.2, 0.25) is 0 Å². The van der Waals surface area contributed by atoms with Crippen LogP contribution < -0.4 is 11.1 Å². The number of hydrogen-bond donors (Lipinski definition) is 3. The average molecular weight is 356 g/mol. The lowest BCUT2D eigenvalue weighted by atomic mass is 10.3. The van der Waals surface area contributed by atoms with Gasteiger partial charge in [0.15, 0.2) is 0 Å². The fourth-order valence-electron chi connectivity index (χ4n) is 2.81. The molecule has 1 aliphatic rings. The van der Waals surface area contributed by atoms with Crippen molar-refractivity contribution in [1.82, 2.24) is 20.1 Å². The summed E-state index contributed by atoms with van der Waals surface area (Å²) >= 11 is 1.64. The number of nitrogens with one attached hydrogen (secondary N) is 2. The van der Waals surface area contributed by atoms with Gasteiger partial charge in [-0.1, -0.05) is 0 Å². The Morgan fingerprint density at radius 1 is 1.48 bits per heavy atom. The van der Waals surface area contributed by atoms with Crippen LogP contribution in [0.4, 0.5) is 11.5 Å². The molecule has 0 spiro atoms. The molecule has 3 aromatic heterocycles. The zero-order chi connectivity index (χ0) is 17.4. The molecule has 0 aliphatic heterocycles. The van der Waals surface area contributed by atoms with Crippen LogP contribution in [0.1, 0.15) is 12.8 Å². The molecule has 3 heterocycles. The van der Waals surface area contributed by atoms with Gasteiger partial charge in [0.2, 0.25) is 5.91 Å². The predicted molar refractivity (Wildman–Crippen MR) is 100 cm³/mol. The number of nitrogen functional groups attached to an aromatic ring is 1. The van der Waals surface area contributed by atoms with Crippen molar-refractivity contribution in [2.75, 3.05) is 31.2 Å². The van der Waals surface area contributed by atoms with Gasteiger partial charge in [-0.2, -0.15) is 5.10 Å². The largest absolute Gasteiger partial charge is 0.384 e. The number of H-pyrrole nitrogens is 1. The smallest absolute Gasteiger partial charge is 0.225 e. The summed E-state index contributed by atoms with van der Waals surface area (Å²) in [6.07, 6.45) is 3.79. The molecule has 7 nitrogen and oxygen atoms in total. The minimum Gasteiger partial charge on any atom is -0.384 e. The molecule has 0 bridgehead atoms. The van der Waals surface area contributed by atoms with Gasteiger partial charge in [-0.25, -0.2) is 4.98 Å². The number of fused-ring (bicyclic) bond motifs is 1. The maximum absolute atomic E-state index is 12.0. The molecule has 0 unspecified atom stereocenters. The molecule has 4 N–H and O–H groups in total. The number of aromatic nitrogens is 3. The predicted octanol–water partition coefficient (Wildman–Crippen LogP) is 2.55. The zero-order valence-corrected chi connectivity index (χ0v) is 14.8. The van der Waals surface area contributed by atoms with Gasteiger partial charge in [0.05, 0.1) is 26.5 Å². The Labute approximate surface area is 149 Å². The molecule has 1 fully saturated rings. The molecular formula is C17H20N6OS. The van der Waals surface area contributed by atoms with Crippen molar-refractivity contribution in [1.29, 1.82) is 0 Å². The van der Waals surface area contributed by atoms with Crippen LogP contribution in [0.25, 0.3) is 20.8 Å². The first-order valence-corrected chi connectivity index (χ1v) is 9.12. The lowest BCUT2D eigenvalue weighted by molar-refractivity contribution is -0.131. The van der Waals surface area contributed by atoms with Crippen LogP contribution >= 0.6 is 11.3 Å². The number of amides is 1. The normalized spacial score (nSPS) is 14.0. The summed E-state index contributed by atoms with van der Waals surface area (Å²) in [7, 11) is 1.86. The molecule has 3 aromatic rings. The summed E-state index contributed by atoms with van der Waals surface area (Å²) in [5, 5.41) is 10.4. The molecule has 0 aromatic carbocycles. The van der Waals surface area contributed by atoms with E-state index in [9.17, 15) is 4.79 Å². The highest BCUT2D eigenvalue weighted by Gasteiger charge is 2.31. The van der Waals surface area contributed by atoms with Crippen molar-refractivity contribution in [3.8, 4) is 10.6 Å². The van der Waals surface area contributed by atoms with E-state index >= 15 is 0 Å². The average Bonchev–Trinajstić information content (AvgIpc) is 3.12. The summed E-state index contributed by atoms with van der Waals surface area (Å²) in [5.41, 5.74) is 8.72. The minimum atomic E-state index is 0.249. The van der Waals surface area contributed by atoms with E-state index < -0.39 is 0 Å². The lowest BCUT2D eigenvalue weighted by Gasteiger charge is -2.17. The van der Waals surface area contributed by atoms with Crippen molar-refractivity contribution in [2.24, 2.45) is 5.92 Å². The fourth-order valence-corrected chi connectivity index (χ4v) is 3.87. The van der Waals surface area contributed by atoms with E-state index in [0.29, 0.717) is 18.9 Å². The Morgan fingerprint density at radius 2 is 2.32 bits per heavy atom. The quantitative estimate of drug-likeness (QED) is 0.630. The molecule has 25 heavy (non-hydrogen) atoms. The summed E-state index contributed by atoms with van der Waals surface area (Å²) in [5.74, 6) is 0.979. The number of carbonyl (C=O) groups is 1. The van der Waals surface area contributed by atoms with Gasteiger partial charge in [-0.05, 0) is 25.0 Å². The van der Waals surface area contributed by atoms with Crippen LogP contribution in [0, 0.1) is 5.92 Å². The molecule has 0 saturated heterocycles. The van der Waals surface area contributed by atoms with E-state index in [1.807, 2.05) is 25.2 Å². The minimum absolute atomic E-state index is 0.249. The van der Waals surface area contributed by atoms with Crippen LogP contribution in [-0.2, 0) is 4.79 Å². The highest BCUT2D eigenvalue weighted by molar-refractivity contribution is 7.22. The number of nitrogens with zero attached hydrogens (tertiary/aromatic N) is 3. The molecule has 8 heteroatoms. The van der Waals surface area contributed by atoms with E-state index in [0.717, 1.165) is 39.3 Å². The maximum Gasteiger partial charge on any atom is 0.225 e. The van der Waals surface area contributed by atoms with Gasteiger partial charge in [-0.3, -0.25) is 9.89 Å². The third kappa shape index (κ3) is 3.30. The standard InChI is InChI=1S/C17H20N6OS/c1-23(17(24)10-2-3-10)7-6-19-12-9-15(18)21-13-8-14(25-16(12)13)11-4-5-20-22-11/h4-5,8-10H,2-3,6-7H2,1H3,(H,20,22)(H3,18,19,21). The van der Waals surface area contributed by atoms with Gasteiger partial charge in [0.1, 0.15) is 5.82 Å². The van der Waals surface area contributed by atoms with E-state index in [1.54, 1.807) is 22.4 Å². The first-order valence-electron chi connectivity index (χ1n) is 8.30. The number of thiophene rings is 1. The Morgan fingerprint density at radius 3 is 3.04 bits per heavy atom. The van der Waals surface area contributed by atoms with Crippen molar-refractivity contribution < 1.29 is 4.79 Å². The first kappa shape index (κ1) is 15.9. The molecule has 1 amide bonds. The molecule has 1 aliphatic carbocycles. The van der Waals surface area contributed by atoms with Crippen LogP contribution in [0.3, 0.4) is 0 Å². The van der Waals surface area contributed by atoms with E-state index in [1.165, 1.54) is 0 Å². The number of pyridine rings is 1. The third-order valence-electron chi connectivity index (χ3n) is 4.33. The number of likely N-dealkylation sites (N-methyl/N-ethyl adjacent to an activating group) is 1. The van der Waals surface area contributed by atoms with Crippen LogP contribution in [0.15, 0.2) is 24.4 Å². The maximum atomic E-state index is 12.0. The SMILES string of the molecule is CN(CCNc1cc(N)nc2cc(-c3ccn[nH]3)sc12)C(=O)C1CC1. The van der Waals surface area contributed by atoms with E-state index in [-0.39, 0.29) is 11.8 Å². The first-order chi connectivity index (χ1) is 12.1. The Hall–Kier alpha value is -2.61. The molecule has 0 radical (unpaired) electrons. The second-order valence-corrected chi connectivity index (χ2v) is 7.40. The lowest BCUT2D eigenvalue weighted by Crippen LogP contribution is -2.32. The number of aromatic amines is 1. The van der Waals surface area contributed by atoms with E-state index in [2.05, 4.69) is 20.5 Å². The van der Waals surface area contributed by atoms with Crippen molar-refractivity contribution >= 4 is 39.0 Å². The monoisotopic (exact) mass is 356 g/mol. The summed E-state index contributed by atoms with van der Waals surface area (Å²) in [6.45, 7) is 1.34. The highest BCUT2D eigenvalue weighted by Crippen LogP contribution is 2.36. The van der Waals surface area contributed by atoms with Crippen molar-refractivity contribution in [3.05, 3.63) is 24.4 Å². The number of rotatable bonds is 6. The van der Waals surface area contributed by atoms with Gasteiger partial charge in [0.25, 0.3) is 0 Å². The second kappa shape index (κ2) is 6.36. The molecule has 1 saturated carbocycles. The van der Waals surface area contributed by atoms with Gasteiger partial charge < -0.3 is 16.0 Å². The Bertz CT molecular complexity index is 899. The van der Waals surface area contributed by atoms with Crippen LogP contribution in [0.5, 0.6) is 0 Å². The van der Waals surface area contributed by atoms with Gasteiger partial charge in [-0.15, -0.1) is 11.3 Å². The number of carbonyl (C=O) groups excluding carboxylic acids is 1. The van der Waals surface area contributed by atoms with Gasteiger partial charge >= 0.3 is 0 Å². The summed E-state index contributed by atoms with van der Waals surface area (Å²) in [4.78, 5) is 19.3. The van der Waals surface area contributed by atoms with E-state index in [4.69, 9.17) is 5.73 Å². The topological polar surface area (TPSA) is 99.9 Å². The fraction of sp³-hybridized carbons (Fsp3) is 0.353. The van der Waals surface area contributed by atoms with Crippen molar-refractivity contribution in [2.45, 2.75) is 12.8 Å². The second-order valence-electron chi connectivity index (χ2n) is 6.35. The summed E-state index contributed by atoms with van der Waals surface area (Å²) < 4.78 is 1.05. The Balaban J connectivity index is 1.51.